The van der Waals surface area contributed by atoms with E-state index in [1.54, 1.807) is 24.9 Å². The van der Waals surface area contributed by atoms with E-state index in [2.05, 4.69) is 20.4 Å². The average molecular weight is 540 g/mol. The molecule has 1 saturated carbocycles. The van der Waals surface area contributed by atoms with Crippen LogP contribution in [0.4, 0.5) is 26.3 Å². The molecule has 2 heterocycles. The van der Waals surface area contributed by atoms with Crippen molar-refractivity contribution in [2.75, 3.05) is 7.05 Å². The number of aromatic nitrogens is 4. The lowest BCUT2D eigenvalue weighted by Crippen LogP contribution is -2.30. The SMILES string of the molecule is Cc1nc(C(C)NC(=O)c2cc(C(F)(F)F)cc(C(F)(F)F)c2)n(-c2ccc(C(=O)N(C)C3CC3)cn2)n1. The minimum atomic E-state index is -5.09. The Hall–Kier alpha value is -3.97. The minimum Gasteiger partial charge on any atom is -0.342 e. The summed E-state index contributed by atoms with van der Waals surface area (Å²) in [6, 6.07) is 2.93. The van der Waals surface area contributed by atoms with Crippen LogP contribution in [-0.2, 0) is 12.4 Å². The van der Waals surface area contributed by atoms with E-state index in [0.717, 1.165) is 12.8 Å². The van der Waals surface area contributed by atoms with Crippen LogP contribution in [0.3, 0.4) is 0 Å². The fourth-order valence-corrected chi connectivity index (χ4v) is 3.78. The quantitative estimate of drug-likeness (QED) is 0.457. The Kier molecular flexibility index (Phi) is 6.93. The Morgan fingerprint density at radius 1 is 1.03 bits per heavy atom. The van der Waals surface area contributed by atoms with Gasteiger partial charge < -0.3 is 10.2 Å². The standard InChI is InChI=1S/C24H22F6N6O2/c1-12(32-21(37)15-8-16(23(25,26)27)10-17(9-15)24(28,29)30)20-33-13(2)34-36(20)19-7-4-14(11-31-19)22(38)35(3)18-5-6-18/h4,7-12,18H,5-6H2,1-3H3,(H,32,37). The Morgan fingerprint density at radius 2 is 1.63 bits per heavy atom. The molecule has 1 aliphatic rings. The lowest BCUT2D eigenvalue weighted by molar-refractivity contribution is -0.143. The van der Waals surface area contributed by atoms with Gasteiger partial charge in [0.1, 0.15) is 5.82 Å². The lowest BCUT2D eigenvalue weighted by Gasteiger charge is -2.17. The van der Waals surface area contributed by atoms with Gasteiger partial charge in [-0.05, 0) is 57.0 Å². The van der Waals surface area contributed by atoms with Crippen LogP contribution in [-0.4, -0.2) is 49.6 Å². The highest BCUT2D eigenvalue weighted by Crippen LogP contribution is 2.36. The normalized spacial score (nSPS) is 14.8. The molecule has 14 heteroatoms. The molecule has 0 radical (unpaired) electrons. The summed E-state index contributed by atoms with van der Waals surface area (Å²) in [5, 5.41) is 6.59. The number of nitrogens with zero attached hydrogens (tertiary/aromatic N) is 5. The van der Waals surface area contributed by atoms with Crippen molar-refractivity contribution in [3.63, 3.8) is 0 Å². The summed E-state index contributed by atoms with van der Waals surface area (Å²) in [5.74, 6) is -0.721. The maximum Gasteiger partial charge on any atom is 0.416 e. The number of carbonyl (C=O) groups excluding carboxylic acids is 2. The highest BCUT2D eigenvalue weighted by molar-refractivity contribution is 5.95. The Morgan fingerprint density at radius 3 is 2.13 bits per heavy atom. The molecule has 0 spiro atoms. The molecule has 38 heavy (non-hydrogen) atoms. The summed E-state index contributed by atoms with van der Waals surface area (Å²) in [5.41, 5.74) is -3.67. The lowest BCUT2D eigenvalue weighted by atomic mass is 10.0. The fourth-order valence-electron chi connectivity index (χ4n) is 3.78. The van der Waals surface area contributed by atoms with Gasteiger partial charge in [-0.15, -0.1) is 5.10 Å². The zero-order valence-electron chi connectivity index (χ0n) is 20.4. The molecule has 2 aromatic heterocycles. The average Bonchev–Trinajstić information content (AvgIpc) is 3.62. The van der Waals surface area contributed by atoms with Gasteiger partial charge in [-0.2, -0.15) is 31.0 Å². The molecule has 1 unspecified atom stereocenters. The minimum absolute atomic E-state index is 0.0529. The van der Waals surface area contributed by atoms with Gasteiger partial charge in [0.15, 0.2) is 11.6 Å². The van der Waals surface area contributed by atoms with E-state index in [0.29, 0.717) is 17.7 Å². The number of amides is 2. The number of rotatable bonds is 6. The molecule has 1 atom stereocenters. The predicted molar refractivity (Wildman–Crippen MR) is 121 cm³/mol. The van der Waals surface area contributed by atoms with Crippen molar-refractivity contribution < 1.29 is 35.9 Å². The van der Waals surface area contributed by atoms with Gasteiger partial charge in [0.2, 0.25) is 0 Å². The summed E-state index contributed by atoms with van der Waals surface area (Å²) in [7, 11) is 1.71. The molecule has 8 nitrogen and oxygen atoms in total. The third-order valence-electron chi connectivity index (χ3n) is 5.95. The van der Waals surface area contributed by atoms with Gasteiger partial charge in [-0.25, -0.2) is 9.97 Å². The summed E-state index contributed by atoms with van der Waals surface area (Å²) >= 11 is 0. The van der Waals surface area contributed by atoms with Crippen LogP contribution in [0.2, 0.25) is 0 Å². The second-order valence-electron chi connectivity index (χ2n) is 8.97. The summed E-state index contributed by atoms with van der Waals surface area (Å²) in [4.78, 5) is 35.4. The first-order chi connectivity index (χ1) is 17.6. The third-order valence-corrected chi connectivity index (χ3v) is 5.95. The highest BCUT2D eigenvalue weighted by atomic mass is 19.4. The van der Waals surface area contributed by atoms with Gasteiger partial charge in [0, 0.05) is 24.8 Å². The largest absolute Gasteiger partial charge is 0.416 e. The number of nitrogens with one attached hydrogen (secondary N) is 1. The number of hydrogen-bond donors (Lipinski definition) is 1. The Bertz CT molecular complexity index is 1330. The molecule has 3 aromatic rings. The molecule has 2 amide bonds. The maximum atomic E-state index is 13.2. The third kappa shape index (κ3) is 5.78. The first kappa shape index (κ1) is 27.1. The topological polar surface area (TPSA) is 93.0 Å². The van der Waals surface area contributed by atoms with Crippen LogP contribution < -0.4 is 5.32 Å². The predicted octanol–water partition coefficient (Wildman–Crippen LogP) is 4.73. The number of aryl methyl sites for hydroxylation is 1. The first-order valence-electron chi connectivity index (χ1n) is 11.4. The van der Waals surface area contributed by atoms with Gasteiger partial charge in [-0.3, -0.25) is 9.59 Å². The molecule has 4 rings (SSSR count). The van der Waals surface area contributed by atoms with E-state index in [9.17, 15) is 35.9 Å². The van der Waals surface area contributed by atoms with Crippen molar-refractivity contribution in [3.05, 3.63) is 70.4 Å². The molecule has 1 N–H and O–H groups in total. The zero-order valence-corrected chi connectivity index (χ0v) is 20.4. The molecular weight excluding hydrogens is 518 g/mol. The van der Waals surface area contributed by atoms with Gasteiger partial charge >= 0.3 is 12.4 Å². The molecular formula is C24H22F6N6O2. The van der Waals surface area contributed by atoms with Crippen molar-refractivity contribution in [2.45, 2.75) is 51.1 Å². The van der Waals surface area contributed by atoms with Crippen molar-refractivity contribution in [1.82, 2.24) is 30.0 Å². The van der Waals surface area contributed by atoms with Gasteiger partial charge in [0.25, 0.3) is 11.8 Å². The molecule has 1 fully saturated rings. The molecule has 1 aromatic carbocycles. The second-order valence-corrected chi connectivity index (χ2v) is 8.97. The van der Waals surface area contributed by atoms with Crippen LogP contribution in [0.15, 0.2) is 36.5 Å². The summed E-state index contributed by atoms with van der Waals surface area (Å²) in [6.07, 6.45) is -6.94. The van der Waals surface area contributed by atoms with Crippen LogP contribution in [0, 0.1) is 6.92 Å². The van der Waals surface area contributed by atoms with E-state index in [1.807, 2.05) is 0 Å². The maximum absolute atomic E-state index is 13.2. The number of benzene rings is 1. The molecule has 202 valence electrons. The fraction of sp³-hybridized carbons (Fsp3) is 0.375. The van der Waals surface area contributed by atoms with E-state index in [-0.39, 0.29) is 35.5 Å². The van der Waals surface area contributed by atoms with Crippen molar-refractivity contribution in [2.24, 2.45) is 0 Å². The van der Waals surface area contributed by atoms with Crippen LogP contribution in [0.25, 0.3) is 5.82 Å². The van der Waals surface area contributed by atoms with Crippen LogP contribution in [0.1, 0.15) is 69.3 Å². The Labute approximate surface area is 212 Å². The Balaban J connectivity index is 1.58. The number of alkyl halides is 6. The summed E-state index contributed by atoms with van der Waals surface area (Å²) < 4.78 is 80.4. The number of pyridine rings is 1. The number of halogens is 6. The smallest absolute Gasteiger partial charge is 0.342 e. The van der Waals surface area contributed by atoms with E-state index < -0.39 is 41.0 Å². The molecule has 0 aliphatic heterocycles. The first-order valence-corrected chi connectivity index (χ1v) is 11.4. The highest BCUT2D eigenvalue weighted by Gasteiger charge is 2.38. The monoisotopic (exact) mass is 540 g/mol. The van der Waals surface area contributed by atoms with Crippen molar-refractivity contribution >= 4 is 11.8 Å². The number of carbonyl (C=O) groups is 2. The van der Waals surface area contributed by atoms with E-state index in [1.165, 1.54) is 23.9 Å². The summed E-state index contributed by atoms with van der Waals surface area (Å²) in [6.45, 7) is 3.00. The van der Waals surface area contributed by atoms with E-state index in [4.69, 9.17) is 0 Å². The van der Waals surface area contributed by atoms with Crippen molar-refractivity contribution in [1.29, 1.82) is 0 Å². The van der Waals surface area contributed by atoms with Crippen LogP contribution in [0.5, 0.6) is 0 Å². The van der Waals surface area contributed by atoms with E-state index >= 15 is 0 Å². The van der Waals surface area contributed by atoms with Gasteiger partial charge in [0.05, 0.1) is 22.7 Å². The molecule has 1 aliphatic carbocycles. The number of hydrogen-bond acceptors (Lipinski definition) is 5. The van der Waals surface area contributed by atoms with Gasteiger partial charge in [-0.1, -0.05) is 0 Å². The molecule has 0 saturated heterocycles. The second kappa shape index (κ2) is 9.72. The zero-order chi connectivity index (χ0) is 28.0. The molecule has 0 bridgehead atoms. The van der Waals surface area contributed by atoms with Crippen molar-refractivity contribution in [3.8, 4) is 5.82 Å². The van der Waals surface area contributed by atoms with Crippen LogP contribution >= 0.6 is 0 Å².